The number of piperidine rings is 1. The van der Waals surface area contributed by atoms with Crippen molar-refractivity contribution < 1.29 is 9.84 Å². The summed E-state index contributed by atoms with van der Waals surface area (Å²) in [4.78, 5) is 0. The van der Waals surface area contributed by atoms with Crippen molar-refractivity contribution >= 4 is 0 Å². The summed E-state index contributed by atoms with van der Waals surface area (Å²) in [5.74, 6) is 5.57. The van der Waals surface area contributed by atoms with Crippen LogP contribution in [0.25, 0.3) is 0 Å². The fourth-order valence-electron chi connectivity index (χ4n) is 10.4. The first-order valence-corrected chi connectivity index (χ1v) is 13.4. The van der Waals surface area contributed by atoms with Crippen molar-refractivity contribution in [1.82, 2.24) is 5.32 Å². The van der Waals surface area contributed by atoms with Gasteiger partial charge in [0.1, 0.15) is 5.72 Å². The Morgan fingerprint density at radius 1 is 0.867 bits per heavy atom. The Morgan fingerprint density at radius 2 is 1.67 bits per heavy atom. The minimum Gasteiger partial charge on any atom is -0.393 e. The lowest BCUT2D eigenvalue weighted by Crippen LogP contribution is -2.57. The van der Waals surface area contributed by atoms with Crippen LogP contribution in [0.4, 0.5) is 0 Å². The zero-order valence-corrected chi connectivity index (χ0v) is 19.8. The van der Waals surface area contributed by atoms with Gasteiger partial charge in [-0.2, -0.15) is 0 Å². The minimum absolute atomic E-state index is 0.0319. The molecule has 4 saturated carbocycles. The molecule has 1 spiro atoms. The predicted molar refractivity (Wildman–Crippen MR) is 120 cm³/mol. The lowest BCUT2D eigenvalue weighted by molar-refractivity contribution is -0.140. The highest BCUT2D eigenvalue weighted by Crippen LogP contribution is 2.71. The van der Waals surface area contributed by atoms with Gasteiger partial charge in [0.15, 0.2) is 0 Å². The largest absolute Gasteiger partial charge is 0.393 e. The molecule has 6 rings (SSSR count). The molecule has 0 radical (unpaired) electrons. The molecule has 2 saturated heterocycles. The first-order valence-electron chi connectivity index (χ1n) is 13.4. The first-order chi connectivity index (χ1) is 14.3. The molecule has 0 bridgehead atoms. The molecule has 0 aromatic rings. The highest BCUT2D eigenvalue weighted by Gasteiger charge is 2.68. The van der Waals surface area contributed by atoms with E-state index in [1.54, 1.807) is 0 Å². The van der Waals surface area contributed by atoms with Gasteiger partial charge < -0.3 is 9.84 Å². The van der Waals surface area contributed by atoms with Gasteiger partial charge in [0, 0.05) is 12.5 Å². The van der Waals surface area contributed by atoms with Gasteiger partial charge in [0.05, 0.1) is 12.2 Å². The van der Waals surface area contributed by atoms with Crippen molar-refractivity contribution in [2.75, 3.05) is 6.54 Å². The number of nitrogens with one attached hydrogen (secondary N) is 1. The third kappa shape index (κ3) is 2.61. The second-order valence-electron chi connectivity index (χ2n) is 13.3. The monoisotopic (exact) mass is 415 g/mol. The van der Waals surface area contributed by atoms with Crippen LogP contribution in [0.2, 0.25) is 0 Å². The minimum atomic E-state index is -0.0320. The molecule has 170 valence electrons. The molecule has 4 aliphatic carbocycles. The number of hydrogen-bond donors (Lipinski definition) is 2. The van der Waals surface area contributed by atoms with Crippen LogP contribution in [0.1, 0.15) is 91.9 Å². The highest BCUT2D eigenvalue weighted by atomic mass is 16.5. The quantitative estimate of drug-likeness (QED) is 0.559. The van der Waals surface area contributed by atoms with Crippen molar-refractivity contribution in [3.63, 3.8) is 0 Å². The van der Waals surface area contributed by atoms with Gasteiger partial charge in [-0.15, -0.1) is 0 Å². The molecule has 2 N–H and O–H groups in total. The zero-order chi connectivity index (χ0) is 20.9. The van der Waals surface area contributed by atoms with Crippen molar-refractivity contribution in [1.29, 1.82) is 0 Å². The van der Waals surface area contributed by atoms with Crippen LogP contribution in [0.3, 0.4) is 0 Å². The van der Waals surface area contributed by atoms with Gasteiger partial charge >= 0.3 is 0 Å². The number of fused-ring (bicyclic) bond motifs is 7. The lowest BCUT2D eigenvalue weighted by atomic mass is 9.44. The van der Waals surface area contributed by atoms with E-state index in [0.29, 0.717) is 22.9 Å². The summed E-state index contributed by atoms with van der Waals surface area (Å²) in [5, 5.41) is 14.2. The fraction of sp³-hybridized carbons (Fsp3) is 1.00. The molecule has 0 aromatic carbocycles. The number of rotatable bonds is 0. The maximum atomic E-state index is 10.3. The molecule has 3 heteroatoms. The van der Waals surface area contributed by atoms with E-state index >= 15 is 0 Å². The third-order valence-electron chi connectivity index (χ3n) is 12.1. The van der Waals surface area contributed by atoms with Gasteiger partial charge in [-0.05, 0) is 111 Å². The van der Waals surface area contributed by atoms with E-state index in [-0.39, 0.29) is 11.8 Å². The van der Waals surface area contributed by atoms with Crippen molar-refractivity contribution in [3.05, 3.63) is 0 Å². The summed E-state index contributed by atoms with van der Waals surface area (Å²) >= 11 is 0. The van der Waals surface area contributed by atoms with Crippen LogP contribution in [0.5, 0.6) is 0 Å². The average Bonchev–Trinajstić information content (AvgIpc) is 3.16. The number of aliphatic hydroxyl groups is 1. The van der Waals surface area contributed by atoms with Gasteiger partial charge in [0.2, 0.25) is 0 Å². The van der Waals surface area contributed by atoms with E-state index in [0.717, 1.165) is 54.9 Å². The first kappa shape index (κ1) is 20.5. The molecule has 3 nitrogen and oxygen atoms in total. The molecule has 0 amide bonds. The summed E-state index contributed by atoms with van der Waals surface area (Å²) in [7, 11) is 0. The summed E-state index contributed by atoms with van der Waals surface area (Å²) in [6.07, 6.45) is 13.2. The molecule has 12 atom stereocenters. The van der Waals surface area contributed by atoms with Gasteiger partial charge in [-0.1, -0.05) is 27.7 Å². The van der Waals surface area contributed by atoms with Crippen LogP contribution in [-0.2, 0) is 4.74 Å². The number of aliphatic hydroxyl groups excluding tert-OH is 1. The van der Waals surface area contributed by atoms with Crippen LogP contribution < -0.4 is 5.32 Å². The smallest absolute Gasteiger partial charge is 0.122 e. The Kier molecular flexibility index (Phi) is 4.58. The second-order valence-corrected chi connectivity index (χ2v) is 13.3. The summed E-state index contributed by atoms with van der Waals surface area (Å²) in [6.45, 7) is 11.3. The lowest BCUT2D eigenvalue weighted by Gasteiger charge is -2.61. The molecule has 2 aliphatic heterocycles. The number of ether oxygens (including phenoxy) is 1. The Bertz CT molecular complexity index is 686. The van der Waals surface area contributed by atoms with Gasteiger partial charge in [-0.25, -0.2) is 0 Å². The van der Waals surface area contributed by atoms with Crippen LogP contribution >= 0.6 is 0 Å². The van der Waals surface area contributed by atoms with E-state index < -0.39 is 0 Å². The van der Waals surface area contributed by atoms with Gasteiger partial charge in [-0.3, -0.25) is 5.32 Å². The SMILES string of the molecule is CC1CC[C@@]2(NC1)O[C@H]1C[C@H]3[C@@H]4CC[C@H]5C[C@@H](O)CC[C@]5(C)[C@H]4CC[C@]3(C)[C@H]1[C@@H]2C. The van der Waals surface area contributed by atoms with E-state index in [9.17, 15) is 5.11 Å². The molecular weight excluding hydrogens is 370 g/mol. The average molecular weight is 416 g/mol. The van der Waals surface area contributed by atoms with Crippen LogP contribution in [0, 0.1) is 52.3 Å². The maximum Gasteiger partial charge on any atom is 0.122 e. The van der Waals surface area contributed by atoms with E-state index in [2.05, 4.69) is 33.0 Å². The Hall–Kier alpha value is -0.120. The normalized spacial score (nSPS) is 62.5. The van der Waals surface area contributed by atoms with E-state index in [1.165, 1.54) is 51.4 Å². The molecule has 0 aromatic heterocycles. The van der Waals surface area contributed by atoms with E-state index in [1.807, 2.05) is 0 Å². The molecule has 30 heavy (non-hydrogen) atoms. The Labute approximate surface area is 184 Å². The summed E-state index contributed by atoms with van der Waals surface area (Å²) in [6, 6.07) is 0. The predicted octanol–water partition coefficient (Wildman–Crippen LogP) is 5.37. The molecule has 2 heterocycles. The topological polar surface area (TPSA) is 41.5 Å². The fourth-order valence-corrected chi connectivity index (χ4v) is 10.4. The Balaban J connectivity index is 1.26. The van der Waals surface area contributed by atoms with Crippen molar-refractivity contribution in [3.8, 4) is 0 Å². The van der Waals surface area contributed by atoms with Gasteiger partial charge in [0.25, 0.3) is 0 Å². The standard InChI is InChI=1S/C27H45NO2/c1-16-7-12-27(28-15-16)17(2)24-23(30-27)14-22-20-6-5-18-13-19(29)8-10-25(18,3)21(20)9-11-26(22,24)4/h16-24,28-29H,5-15H2,1-4H3/t16?,17-,18-,19-,20+,21-,22-,23-,24-,25-,26-,27+/m0/s1. The van der Waals surface area contributed by atoms with Crippen molar-refractivity contribution in [2.24, 2.45) is 52.3 Å². The van der Waals surface area contributed by atoms with E-state index in [4.69, 9.17) is 4.74 Å². The summed E-state index contributed by atoms with van der Waals surface area (Å²) in [5.41, 5.74) is 0.919. The van der Waals surface area contributed by atoms with Crippen LogP contribution in [-0.4, -0.2) is 29.6 Å². The summed E-state index contributed by atoms with van der Waals surface area (Å²) < 4.78 is 7.01. The molecule has 1 unspecified atom stereocenters. The Morgan fingerprint density at radius 3 is 2.43 bits per heavy atom. The zero-order valence-electron chi connectivity index (χ0n) is 19.8. The third-order valence-corrected chi connectivity index (χ3v) is 12.1. The molecular formula is C27H45NO2. The van der Waals surface area contributed by atoms with Crippen LogP contribution in [0.15, 0.2) is 0 Å². The molecule has 6 aliphatic rings. The maximum absolute atomic E-state index is 10.3. The highest BCUT2D eigenvalue weighted by molar-refractivity contribution is 5.16. The van der Waals surface area contributed by atoms with Crippen molar-refractivity contribution in [2.45, 2.75) is 110 Å². The number of hydrogen-bond acceptors (Lipinski definition) is 3. The second kappa shape index (κ2) is 6.70. The molecule has 6 fully saturated rings.